The largest absolute Gasteiger partial charge is 0.405 e. The molecule has 0 bridgehead atoms. The van der Waals surface area contributed by atoms with Crippen LogP contribution in [0.1, 0.15) is 36.9 Å². The third kappa shape index (κ3) is 5.89. The molecule has 10 heteroatoms. The quantitative estimate of drug-likeness (QED) is 0.615. The Kier molecular flexibility index (Phi) is 6.90. The van der Waals surface area contributed by atoms with E-state index in [1.165, 1.54) is 11.1 Å². The van der Waals surface area contributed by atoms with Crippen molar-refractivity contribution in [2.24, 2.45) is 5.92 Å². The summed E-state index contributed by atoms with van der Waals surface area (Å²) in [5.74, 6) is -0.891. The average Bonchev–Trinajstić information content (AvgIpc) is 2.74. The number of pyridine rings is 1. The third-order valence-electron chi connectivity index (χ3n) is 5.44. The summed E-state index contributed by atoms with van der Waals surface area (Å²) in [7, 11) is 0. The number of carbonyl (C=O) groups excluding carboxylic acids is 2. The minimum absolute atomic E-state index is 0.219. The highest BCUT2D eigenvalue weighted by Crippen LogP contribution is 2.34. The SMILES string of the molecule is Cc1cc(NC(=O)C(=O)N2C[C@@H](C)CC[C@@H]2c2ccc(NCC(F)(F)F)cc2)cnc1N. The van der Waals surface area contributed by atoms with Crippen LogP contribution in [-0.4, -0.2) is 41.0 Å². The van der Waals surface area contributed by atoms with Gasteiger partial charge in [0.15, 0.2) is 0 Å². The van der Waals surface area contributed by atoms with Crippen molar-refractivity contribution in [2.45, 2.75) is 38.9 Å². The smallest absolute Gasteiger partial charge is 0.383 e. The lowest BCUT2D eigenvalue weighted by atomic mass is 9.89. The van der Waals surface area contributed by atoms with Crippen LogP contribution in [0, 0.1) is 12.8 Å². The van der Waals surface area contributed by atoms with Crippen LogP contribution >= 0.6 is 0 Å². The number of nitrogens with one attached hydrogen (secondary N) is 2. The van der Waals surface area contributed by atoms with Crippen LogP contribution in [0.4, 0.5) is 30.4 Å². The molecule has 2 heterocycles. The molecule has 4 N–H and O–H groups in total. The van der Waals surface area contributed by atoms with E-state index in [0.717, 1.165) is 12.0 Å². The maximum atomic E-state index is 13.0. The van der Waals surface area contributed by atoms with Gasteiger partial charge in [-0.2, -0.15) is 13.2 Å². The zero-order chi connectivity index (χ0) is 23.5. The molecule has 1 aromatic carbocycles. The van der Waals surface area contributed by atoms with Crippen molar-refractivity contribution in [3.05, 3.63) is 47.7 Å². The molecule has 32 heavy (non-hydrogen) atoms. The van der Waals surface area contributed by atoms with Gasteiger partial charge in [0, 0.05) is 12.2 Å². The van der Waals surface area contributed by atoms with E-state index in [9.17, 15) is 22.8 Å². The van der Waals surface area contributed by atoms with Crippen molar-refractivity contribution < 1.29 is 22.8 Å². The van der Waals surface area contributed by atoms with Crippen molar-refractivity contribution in [2.75, 3.05) is 29.5 Å². The van der Waals surface area contributed by atoms with Crippen LogP contribution in [0.25, 0.3) is 0 Å². The summed E-state index contributed by atoms with van der Waals surface area (Å²) in [6, 6.07) is 7.76. The summed E-state index contributed by atoms with van der Waals surface area (Å²) >= 11 is 0. The normalized spacial score (nSPS) is 18.8. The molecule has 2 amide bonds. The van der Waals surface area contributed by atoms with Gasteiger partial charge in [0.1, 0.15) is 12.4 Å². The van der Waals surface area contributed by atoms with E-state index in [-0.39, 0.29) is 12.0 Å². The van der Waals surface area contributed by atoms with Crippen LogP contribution in [0.3, 0.4) is 0 Å². The highest BCUT2D eigenvalue weighted by atomic mass is 19.4. The lowest BCUT2D eigenvalue weighted by Crippen LogP contribution is -2.46. The Bertz CT molecular complexity index is 979. The van der Waals surface area contributed by atoms with Crippen molar-refractivity contribution >= 4 is 29.0 Å². The fourth-order valence-electron chi connectivity index (χ4n) is 3.72. The average molecular weight is 449 g/mol. The number of hydrogen-bond donors (Lipinski definition) is 3. The van der Waals surface area contributed by atoms with E-state index >= 15 is 0 Å². The number of anilines is 3. The molecule has 1 aromatic heterocycles. The number of nitrogens with two attached hydrogens (primary N) is 1. The molecule has 7 nitrogen and oxygen atoms in total. The second-order valence-electron chi connectivity index (χ2n) is 8.13. The molecule has 0 unspecified atom stereocenters. The molecule has 0 saturated carbocycles. The zero-order valence-electron chi connectivity index (χ0n) is 17.9. The van der Waals surface area contributed by atoms with Crippen LogP contribution in [0.15, 0.2) is 36.5 Å². The molecule has 172 valence electrons. The molecule has 0 aliphatic carbocycles. The predicted octanol–water partition coefficient (Wildman–Crippen LogP) is 3.88. The van der Waals surface area contributed by atoms with Crippen LogP contribution < -0.4 is 16.4 Å². The lowest BCUT2D eigenvalue weighted by molar-refractivity contribution is -0.146. The van der Waals surface area contributed by atoms with E-state index in [0.29, 0.717) is 35.7 Å². The number of nitrogen functional groups attached to an aromatic ring is 1. The number of aryl methyl sites for hydroxylation is 1. The molecule has 1 aliphatic rings. The van der Waals surface area contributed by atoms with E-state index in [1.807, 2.05) is 6.92 Å². The van der Waals surface area contributed by atoms with Gasteiger partial charge in [-0.3, -0.25) is 9.59 Å². The highest BCUT2D eigenvalue weighted by Gasteiger charge is 2.34. The Morgan fingerprint density at radius 1 is 1.19 bits per heavy atom. The number of carbonyl (C=O) groups is 2. The molecular weight excluding hydrogens is 423 g/mol. The van der Waals surface area contributed by atoms with Gasteiger partial charge in [0.25, 0.3) is 0 Å². The van der Waals surface area contributed by atoms with Gasteiger partial charge < -0.3 is 21.3 Å². The summed E-state index contributed by atoms with van der Waals surface area (Å²) < 4.78 is 37.2. The summed E-state index contributed by atoms with van der Waals surface area (Å²) in [6.07, 6.45) is -1.41. The number of alkyl halides is 3. The number of likely N-dealkylation sites (tertiary alicyclic amines) is 1. The molecule has 0 radical (unpaired) electrons. The van der Waals surface area contributed by atoms with Gasteiger partial charge in [-0.15, -0.1) is 0 Å². The monoisotopic (exact) mass is 449 g/mol. The Balaban J connectivity index is 1.73. The van der Waals surface area contributed by atoms with Gasteiger partial charge in [0.2, 0.25) is 0 Å². The fraction of sp³-hybridized carbons (Fsp3) is 0.409. The van der Waals surface area contributed by atoms with Crippen LogP contribution in [-0.2, 0) is 9.59 Å². The van der Waals surface area contributed by atoms with E-state index in [1.54, 1.807) is 37.3 Å². The maximum Gasteiger partial charge on any atom is 0.405 e. The summed E-state index contributed by atoms with van der Waals surface area (Å²) in [5, 5.41) is 4.89. The van der Waals surface area contributed by atoms with Crippen molar-refractivity contribution in [1.29, 1.82) is 0 Å². The Hall–Kier alpha value is -3.30. The molecule has 2 aromatic rings. The van der Waals surface area contributed by atoms with E-state index in [4.69, 9.17) is 5.73 Å². The second-order valence-corrected chi connectivity index (χ2v) is 8.13. The Morgan fingerprint density at radius 2 is 1.88 bits per heavy atom. The first-order chi connectivity index (χ1) is 15.0. The first-order valence-corrected chi connectivity index (χ1v) is 10.3. The molecule has 1 aliphatic heterocycles. The third-order valence-corrected chi connectivity index (χ3v) is 5.44. The minimum atomic E-state index is -4.31. The highest BCUT2D eigenvalue weighted by molar-refractivity contribution is 6.39. The van der Waals surface area contributed by atoms with Crippen molar-refractivity contribution in [3.8, 4) is 0 Å². The van der Waals surface area contributed by atoms with E-state index in [2.05, 4.69) is 15.6 Å². The summed E-state index contributed by atoms with van der Waals surface area (Å²) in [4.78, 5) is 31.1. The molecule has 2 atom stereocenters. The summed E-state index contributed by atoms with van der Waals surface area (Å²) in [5.41, 5.74) is 7.83. The van der Waals surface area contributed by atoms with Crippen molar-refractivity contribution in [1.82, 2.24) is 9.88 Å². The van der Waals surface area contributed by atoms with Gasteiger partial charge in [-0.25, -0.2) is 4.98 Å². The molecule has 0 spiro atoms. The molecule has 1 saturated heterocycles. The molecular formula is C22H26F3N5O2. The Labute approximate surface area is 184 Å². The topological polar surface area (TPSA) is 100 Å². The number of nitrogens with zero attached hydrogens (tertiary/aromatic N) is 2. The second kappa shape index (κ2) is 9.46. The number of halogens is 3. The standard InChI is InChI=1S/C22H26F3N5O2/c1-13-3-8-18(15-4-6-16(7-5-15)28-12-22(23,24)25)30(11-13)21(32)20(31)29-17-9-14(2)19(26)27-10-17/h4-7,9-10,13,18,28H,3,8,11-12H2,1-2H3,(H2,26,27)(H,29,31)/t13-,18+/m0/s1. The van der Waals surface area contributed by atoms with Gasteiger partial charge in [-0.1, -0.05) is 19.1 Å². The molecule has 3 rings (SSSR count). The van der Waals surface area contributed by atoms with Gasteiger partial charge in [0.05, 0.1) is 17.9 Å². The fourth-order valence-corrected chi connectivity index (χ4v) is 3.72. The van der Waals surface area contributed by atoms with E-state index < -0.39 is 24.5 Å². The number of piperidine rings is 1. The molecule has 1 fully saturated rings. The lowest BCUT2D eigenvalue weighted by Gasteiger charge is -2.38. The minimum Gasteiger partial charge on any atom is -0.383 e. The predicted molar refractivity (Wildman–Crippen MR) is 116 cm³/mol. The number of aromatic nitrogens is 1. The Morgan fingerprint density at radius 3 is 2.50 bits per heavy atom. The number of amides is 2. The van der Waals surface area contributed by atoms with Gasteiger partial charge in [-0.05, 0) is 55.0 Å². The zero-order valence-corrected chi connectivity index (χ0v) is 17.9. The maximum absolute atomic E-state index is 13.0. The number of benzene rings is 1. The first kappa shape index (κ1) is 23.4. The number of rotatable bonds is 4. The van der Waals surface area contributed by atoms with Crippen molar-refractivity contribution in [3.63, 3.8) is 0 Å². The van der Waals surface area contributed by atoms with Crippen LogP contribution in [0.5, 0.6) is 0 Å². The summed E-state index contributed by atoms with van der Waals surface area (Å²) in [6.45, 7) is 3.03. The van der Waals surface area contributed by atoms with Crippen LogP contribution in [0.2, 0.25) is 0 Å². The number of hydrogen-bond acceptors (Lipinski definition) is 5. The van der Waals surface area contributed by atoms with Gasteiger partial charge >= 0.3 is 18.0 Å². The first-order valence-electron chi connectivity index (χ1n) is 10.3.